The summed E-state index contributed by atoms with van der Waals surface area (Å²) in [5.41, 5.74) is 2.08. The Labute approximate surface area is 99.3 Å². The molecule has 3 N–H and O–H groups in total. The molecule has 1 saturated heterocycles. The largest absolute Gasteiger partial charge is 0.507 e. The molecule has 1 fully saturated rings. The lowest BCUT2D eigenvalue weighted by molar-refractivity contribution is 0.248. The predicted molar refractivity (Wildman–Crippen MR) is 64.3 cm³/mol. The SMILES string of the molecule is C=C1NC(=O)NC1C#Cc1cc(C)ccc1O. The van der Waals surface area contributed by atoms with Gasteiger partial charge in [0.2, 0.25) is 0 Å². The number of hydrogen-bond acceptors (Lipinski definition) is 2. The summed E-state index contributed by atoms with van der Waals surface area (Å²) in [6, 6.07) is 4.47. The van der Waals surface area contributed by atoms with Crippen LogP contribution in [-0.2, 0) is 0 Å². The molecule has 1 atom stereocenters. The lowest BCUT2D eigenvalue weighted by Gasteiger charge is -2.00. The number of urea groups is 1. The van der Waals surface area contributed by atoms with Gasteiger partial charge in [-0.25, -0.2) is 4.79 Å². The minimum absolute atomic E-state index is 0.131. The summed E-state index contributed by atoms with van der Waals surface area (Å²) in [5.74, 6) is 5.80. The third-order valence-electron chi connectivity index (χ3n) is 2.40. The molecule has 86 valence electrons. The van der Waals surface area contributed by atoms with Crippen molar-refractivity contribution in [2.75, 3.05) is 0 Å². The highest BCUT2D eigenvalue weighted by Gasteiger charge is 2.21. The van der Waals surface area contributed by atoms with E-state index in [-0.39, 0.29) is 11.8 Å². The van der Waals surface area contributed by atoms with Crippen LogP contribution < -0.4 is 10.6 Å². The van der Waals surface area contributed by atoms with E-state index in [1.807, 2.05) is 6.92 Å². The van der Waals surface area contributed by atoms with Gasteiger partial charge in [-0.05, 0) is 24.6 Å². The van der Waals surface area contributed by atoms with Gasteiger partial charge in [-0.1, -0.05) is 24.5 Å². The molecule has 4 nitrogen and oxygen atoms in total. The summed E-state index contributed by atoms with van der Waals surface area (Å²) >= 11 is 0. The first-order chi connectivity index (χ1) is 8.06. The molecule has 4 heteroatoms. The number of phenolic OH excluding ortho intramolecular Hbond substituents is 1. The third-order valence-corrected chi connectivity index (χ3v) is 2.40. The van der Waals surface area contributed by atoms with Crippen LogP contribution in [0.25, 0.3) is 0 Å². The van der Waals surface area contributed by atoms with Gasteiger partial charge in [0, 0.05) is 5.70 Å². The first-order valence-corrected chi connectivity index (χ1v) is 5.14. The first kappa shape index (κ1) is 11.1. The summed E-state index contributed by atoms with van der Waals surface area (Å²) in [6.07, 6.45) is 0. The van der Waals surface area contributed by atoms with E-state index in [4.69, 9.17) is 0 Å². The number of phenols is 1. The topological polar surface area (TPSA) is 61.4 Å². The number of hydrogen-bond donors (Lipinski definition) is 3. The monoisotopic (exact) mass is 228 g/mol. The second-order valence-electron chi connectivity index (χ2n) is 3.85. The van der Waals surface area contributed by atoms with E-state index in [2.05, 4.69) is 29.1 Å². The Balaban J connectivity index is 2.24. The van der Waals surface area contributed by atoms with E-state index in [0.717, 1.165) is 5.56 Å². The van der Waals surface area contributed by atoms with Gasteiger partial charge in [-0.15, -0.1) is 0 Å². The van der Waals surface area contributed by atoms with E-state index < -0.39 is 6.04 Å². The zero-order chi connectivity index (χ0) is 12.4. The molecular formula is C13H12N2O2. The van der Waals surface area contributed by atoms with Crippen molar-refractivity contribution in [2.45, 2.75) is 13.0 Å². The number of amides is 2. The minimum atomic E-state index is -0.414. The predicted octanol–water partition coefficient (Wildman–Crippen LogP) is 1.25. The quantitative estimate of drug-likeness (QED) is 0.585. The lowest BCUT2D eigenvalue weighted by atomic mass is 10.1. The van der Waals surface area contributed by atoms with Crippen molar-refractivity contribution in [3.05, 3.63) is 41.6 Å². The second-order valence-corrected chi connectivity index (χ2v) is 3.85. The van der Waals surface area contributed by atoms with Crippen LogP contribution in [0.4, 0.5) is 4.79 Å². The summed E-state index contributed by atoms with van der Waals surface area (Å²) < 4.78 is 0. The Hall–Kier alpha value is -2.41. The van der Waals surface area contributed by atoms with Crippen LogP contribution in [0, 0.1) is 18.8 Å². The number of aryl methyl sites for hydroxylation is 1. The Morgan fingerprint density at radius 2 is 2.24 bits per heavy atom. The van der Waals surface area contributed by atoms with Gasteiger partial charge in [0.15, 0.2) is 0 Å². The van der Waals surface area contributed by atoms with Crippen LogP contribution in [0.15, 0.2) is 30.5 Å². The zero-order valence-electron chi connectivity index (χ0n) is 9.37. The molecule has 1 aromatic carbocycles. The number of carbonyl (C=O) groups is 1. The lowest BCUT2D eigenvalue weighted by Crippen LogP contribution is -2.24. The Bertz CT molecular complexity index is 552. The maximum atomic E-state index is 11.0. The highest BCUT2D eigenvalue weighted by atomic mass is 16.3. The molecule has 0 saturated carbocycles. The molecule has 1 unspecified atom stereocenters. The Morgan fingerprint density at radius 3 is 2.88 bits per heavy atom. The van der Waals surface area contributed by atoms with Crippen LogP contribution in [0.5, 0.6) is 5.75 Å². The first-order valence-electron chi connectivity index (χ1n) is 5.14. The number of rotatable bonds is 0. The highest BCUT2D eigenvalue weighted by molar-refractivity contribution is 5.81. The van der Waals surface area contributed by atoms with Gasteiger partial charge in [0.25, 0.3) is 0 Å². The van der Waals surface area contributed by atoms with Gasteiger partial charge >= 0.3 is 6.03 Å². The Morgan fingerprint density at radius 1 is 1.47 bits per heavy atom. The van der Waals surface area contributed by atoms with Gasteiger partial charge in [-0.3, -0.25) is 0 Å². The standard InChI is InChI=1S/C13H12N2O2/c1-8-3-6-12(16)10(7-8)4-5-11-9(2)14-13(17)15-11/h3,6-7,11,16H,2H2,1H3,(H2,14,15,17). The fraction of sp³-hybridized carbons (Fsp3) is 0.154. The maximum Gasteiger partial charge on any atom is 0.320 e. The number of benzene rings is 1. The van der Waals surface area contributed by atoms with Crippen molar-refractivity contribution in [3.63, 3.8) is 0 Å². The Kier molecular flexibility index (Phi) is 2.75. The van der Waals surface area contributed by atoms with E-state index in [0.29, 0.717) is 11.3 Å². The van der Waals surface area contributed by atoms with E-state index in [1.165, 1.54) is 0 Å². The van der Waals surface area contributed by atoms with Crippen molar-refractivity contribution >= 4 is 6.03 Å². The molecule has 0 spiro atoms. The van der Waals surface area contributed by atoms with Crippen LogP contribution in [0.1, 0.15) is 11.1 Å². The molecule has 1 aromatic rings. The van der Waals surface area contributed by atoms with Crippen LogP contribution >= 0.6 is 0 Å². The zero-order valence-corrected chi connectivity index (χ0v) is 9.37. The second kappa shape index (κ2) is 4.22. The molecule has 0 radical (unpaired) electrons. The number of aromatic hydroxyl groups is 1. The average Bonchev–Trinajstić information content (AvgIpc) is 2.59. The van der Waals surface area contributed by atoms with Gasteiger partial charge in [0.1, 0.15) is 11.8 Å². The van der Waals surface area contributed by atoms with E-state index in [1.54, 1.807) is 18.2 Å². The smallest absolute Gasteiger partial charge is 0.320 e. The van der Waals surface area contributed by atoms with Crippen molar-refractivity contribution in [1.29, 1.82) is 0 Å². The summed E-state index contributed by atoms with van der Waals surface area (Å²) in [4.78, 5) is 11.0. The van der Waals surface area contributed by atoms with Crippen LogP contribution in [0.2, 0.25) is 0 Å². The van der Waals surface area contributed by atoms with Crippen molar-refractivity contribution in [3.8, 4) is 17.6 Å². The van der Waals surface area contributed by atoms with Gasteiger partial charge in [0.05, 0.1) is 5.56 Å². The molecule has 17 heavy (non-hydrogen) atoms. The normalized spacial score (nSPS) is 18.1. The molecule has 0 aromatic heterocycles. The third kappa shape index (κ3) is 2.40. The number of carbonyl (C=O) groups excluding carboxylic acids is 1. The molecule has 0 bridgehead atoms. The molecule has 2 rings (SSSR count). The van der Waals surface area contributed by atoms with E-state index >= 15 is 0 Å². The fourth-order valence-electron chi connectivity index (χ4n) is 1.50. The summed E-state index contributed by atoms with van der Waals surface area (Å²) in [5, 5.41) is 14.7. The van der Waals surface area contributed by atoms with Crippen molar-refractivity contribution < 1.29 is 9.90 Å². The average molecular weight is 228 g/mol. The molecule has 1 heterocycles. The summed E-state index contributed by atoms with van der Waals surface area (Å²) in [7, 11) is 0. The maximum absolute atomic E-state index is 11.0. The molecular weight excluding hydrogens is 216 g/mol. The molecule has 0 aliphatic carbocycles. The molecule has 1 aliphatic rings. The highest BCUT2D eigenvalue weighted by Crippen LogP contribution is 2.16. The van der Waals surface area contributed by atoms with E-state index in [9.17, 15) is 9.90 Å². The van der Waals surface area contributed by atoms with Crippen molar-refractivity contribution in [1.82, 2.24) is 10.6 Å². The molecule has 1 aliphatic heterocycles. The number of nitrogens with one attached hydrogen (secondary N) is 2. The van der Waals surface area contributed by atoms with Gasteiger partial charge < -0.3 is 15.7 Å². The van der Waals surface area contributed by atoms with Crippen LogP contribution in [0.3, 0.4) is 0 Å². The van der Waals surface area contributed by atoms with Crippen LogP contribution in [-0.4, -0.2) is 17.2 Å². The fourth-order valence-corrected chi connectivity index (χ4v) is 1.50. The summed E-state index contributed by atoms with van der Waals surface area (Å²) in [6.45, 7) is 5.60. The van der Waals surface area contributed by atoms with Crippen molar-refractivity contribution in [2.24, 2.45) is 0 Å². The molecule has 2 amide bonds. The van der Waals surface area contributed by atoms with Gasteiger partial charge in [-0.2, -0.15) is 0 Å². The minimum Gasteiger partial charge on any atom is -0.507 e.